The average Bonchev–Trinajstić information content (AvgIpc) is 2.72. The van der Waals surface area contributed by atoms with Crippen LogP contribution < -0.4 is 14.2 Å². The van der Waals surface area contributed by atoms with Crippen molar-refractivity contribution >= 4 is 15.9 Å². The first-order valence-electron chi connectivity index (χ1n) is 10.1. The SMILES string of the molecule is COc1ccc(CN(C)C(=O)C(CC(C)C)NS(=O)(=O)c2ccc(C)cc2)c(OC)c1. The van der Waals surface area contributed by atoms with Crippen LogP contribution in [0, 0.1) is 12.8 Å². The smallest absolute Gasteiger partial charge is 0.241 e. The van der Waals surface area contributed by atoms with Crippen molar-refractivity contribution < 1.29 is 22.7 Å². The number of amides is 1. The van der Waals surface area contributed by atoms with Crippen LogP contribution in [-0.4, -0.2) is 46.5 Å². The number of methoxy groups -OCH3 is 2. The van der Waals surface area contributed by atoms with E-state index in [1.165, 1.54) is 4.90 Å². The maximum absolute atomic E-state index is 13.2. The molecule has 1 N–H and O–H groups in total. The maximum atomic E-state index is 13.2. The Balaban J connectivity index is 2.23. The van der Waals surface area contributed by atoms with Crippen LogP contribution in [-0.2, 0) is 21.4 Å². The van der Waals surface area contributed by atoms with Crippen LogP contribution in [0.5, 0.6) is 11.5 Å². The third-order valence-electron chi connectivity index (χ3n) is 4.91. The topological polar surface area (TPSA) is 84.9 Å². The number of aryl methyl sites for hydroxylation is 1. The molecule has 0 bridgehead atoms. The first-order valence-corrected chi connectivity index (χ1v) is 11.6. The number of nitrogens with one attached hydrogen (secondary N) is 1. The van der Waals surface area contributed by atoms with E-state index >= 15 is 0 Å². The molecule has 0 aliphatic carbocycles. The second kappa shape index (κ2) is 10.6. The predicted octanol–water partition coefficient (Wildman–Crippen LogP) is 3.36. The molecule has 2 aromatic rings. The van der Waals surface area contributed by atoms with Gasteiger partial charge in [0.2, 0.25) is 15.9 Å². The molecule has 0 aliphatic heterocycles. The Hall–Kier alpha value is -2.58. The molecule has 0 radical (unpaired) electrons. The van der Waals surface area contributed by atoms with E-state index in [9.17, 15) is 13.2 Å². The highest BCUT2D eigenvalue weighted by Gasteiger charge is 2.29. The lowest BCUT2D eigenvalue weighted by Gasteiger charge is -2.26. The van der Waals surface area contributed by atoms with Gasteiger partial charge in [-0.05, 0) is 43.5 Å². The van der Waals surface area contributed by atoms with Crippen molar-refractivity contribution in [3.8, 4) is 11.5 Å². The lowest BCUT2D eigenvalue weighted by Crippen LogP contribution is -2.47. The summed E-state index contributed by atoms with van der Waals surface area (Å²) in [5.74, 6) is 1.07. The number of hydrogen-bond acceptors (Lipinski definition) is 5. The lowest BCUT2D eigenvalue weighted by molar-refractivity contribution is -0.132. The van der Waals surface area contributed by atoms with Gasteiger partial charge in [-0.3, -0.25) is 4.79 Å². The van der Waals surface area contributed by atoms with E-state index in [0.29, 0.717) is 17.9 Å². The van der Waals surface area contributed by atoms with Crippen LogP contribution in [0.25, 0.3) is 0 Å². The summed E-state index contributed by atoms with van der Waals surface area (Å²) in [6, 6.07) is 11.0. The fourth-order valence-electron chi connectivity index (χ4n) is 3.23. The Bertz CT molecular complexity index is 988. The molecule has 0 saturated carbocycles. The molecule has 0 heterocycles. The van der Waals surface area contributed by atoms with Gasteiger partial charge in [0, 0.05) is 25.2 Å². The van der Waals surface area contributed by atoms with Gasteiger partial charge in [-0.1, -0.05) is 31.5 Å². The fourth-order valence-corrected chi connectivity index (χ4v) is 4.43. The first kappa shape index (κ1) is 24.7. The predicted molar refractivity (Wildman–Crippen MR) is 121 cm³/mol. The normalized spacial score (nSPS) is 12.5. The van der Waals surface area contributed by atoms with Gasteiger partial charge in [-0.2, -0.15) is 4.72 Å². The highest BCUT2D eigenvalue weighted by molar-refractivity contribution is 7.89. The molecule has 0 spiro atoms. The molecule has 2 aromatic carbocycles. The number of sulfonamides is 1. The summed E-state index contributed by atoms with van der Waals surface area (Å²) < 4.78 is 39.0. The largest absolute Gasteiger partial charge is 0.497 e. The highest BCUT2D eigenvalue weighted by Crippen LogP contribution is 2.26. The molecule has 0 aliphatic rings. The average molecular weight is 449 g/mol. The Morgan fingerprint density at radius 1 is 1.06 bits per heavy atom. The van der Waals surface area contributed by atoms with Crippen LogP contribution >= 0.6 is 0 Å². The van der Waals surface area contributed by atoms with Crippen LogP contribution in [0.1, 0.15) is 31.4 Å². The van der Waals surface area contributed by atoms with E-state index in [1.807, 2.05) is 26.8 Å². The number of nitrogens with zero attached hydrogens (tertiary/aromatic N) is 1. The molecule has 1 amide bonds. The van der Waals surface area contributed by atoms with Crippen molar-refractivity contribution in [2.75, 3.05) is 21.3 Å². The molecule has 0 aromatic heterocycles. The van der Waals surface area contributed by atoms with E-state index < -0.39 is 16.1 Å². The minimum atomic E-state index is -3.83. The monoisotopic (exact) mass is 448 g/mol. The molecular weight excluding hydrogens is 416 g/mol. The number of benzene rings is 2. The zero-order valence-electron chi connectivity index (χ0n) is 19.0. The molecule has 7 nitrogen and oxygen atoms in total. The number of rotatable bonds is 10. The van der Waals surface area contributed by atoms with Crippen LogP contribution in [0.3, 0.4) is 0 Å². The van der Waals surface area contributed by atoms with E-state index in [2.05, 4.69) is 4.72 Å². The second-order valence-corrected chi connectivity index (χ2v) is 9.70. The zero-order valence-corrected chi connectivity index (χ0v) is 19.8. The Kier molecular flexibility index (Phi) is 8.47. The van der Waals surface area contributed by atoms with Gasteiger partial charge in [0.15, 0.2) is 0 Å². The third-order valence-corrected chi connectivity index (χ3v) is 6.40. The lowest BCUT2D eigenvalue weighted by atomic mass is 10.0. The van der Waals surface area contributed by atoms with Gasteiger partial charge in [0.1, 0.15) is 17.5 Å². The minimum absolute atomic E-state index is 0.124. The van der Waals surface area contributed by atoms with Gasteiger partial charge in [-0.15, -0.1) is 0 Å². The van der Waals surface area contributed by atoms with E-state index in [-0.39, 0.29) is 23.3 Å². The fraction of sp³-hybridized carbons (Fsp3) is 0.435. The summed E-state index contributed by atoms with van der Waals surface area (Å²) >= 11 is 0. The number of carbonyl (C=O) groups is 1. The maximum Gasteiger partial charge on any atom is 0.241 e. The van der Waals surface area contributed by atoms with Crippen molar-refractivity contribution in [1.29, 1.82) is 0 Å². The summed E-state index contributed by atoms with van der Waals surface area (Å²) in [4.78, 5) is 14.8. The van der Waals surface area contributed by atoms with E-state index in [1.54, 1.807) is 57.7 Å². The summed E-state index contributed by atoms with van der Waals surface area (Å²) in [6.45, 7) is 6.06. The molecule has 0 saturated heterocycles. The molecule has 1 unspecified atom stereocenters. The molecule has 0 fully saturated rings. The number of hydrogen-bond donors (Lipinski definition) is 1. The van der Waals surface area contributed by atoms with Crippen LogP contribution in [0.2, 0.25) is 0 Å². The summed E-state index contributed by atoms with van der Waals surface area (Å²) in [6.07, 6.45) is 0.383. The summed E-state index contributed by atoms with van der Waals surface area (Å²) in [7, 11) is 0.942. The molecule has 31 heavy (non-hydrogen) atoms. The third kappa shape index (κ3) is 6.70. The molecule has 1 atom stereocenters. The standard InChI is InChI=1S/C23H32N2O5S/c1-16(2)13-21(24-31(27,28)20-11-7-17(3)8-12-20)23(26)25(4)15-18-9-10-19(29-5)14-22(18)30-6/h7-12,14,16,21,24H,13,15H2,1-6H3. The first-order chi connectivity index (χ1) is 14.6. The van der Waals surface area contributed by atoms with Crippen molar-refractivity contribution in [3.05, 3.63) is 53.6 Å². The Labute approximate surface area is 185 Å². The van der Waals surface area contributed by atoms with Gasteiger partial charge < -0.3 is 14.4 Å². The van der Waals surface area contributed by atoms with Gasteiger partial charge in [0.05, 0.1) is 19.1 Å². The molecule has 8 heteroatoms. The highest BCUT2D eigenvalue weighted by atomic mass is 32.2. The van der Waals surface area contributed by atoms with Crippen molar-refractivity contribution in [2.24, 2.45) is 5.92 Å². The summed E-state index contributed by atoms with van der Waals surface area (Å²) in [5, 5.41) is 0. The minimum Gasteiger partial charge on any atom is -0.497 e. The van der Waals surface area contributed by atoms with E-state index in [0.717, 1.165) is 11.1 Å². The van der Waals surface area contributed by atoms with Gasteiger partial charge in [-0.25, -0.2) is 8.42 Å². The van der Waals surface area contributed by atoms with E-state index in [4.69, 9.17) is 9.47 Å². The molecule has 170 valence electrons. The number of ether oxygens (including phenoxy) is 2. The van der Waals surface area contributed by atoms with Crippen molar-refractivity contribution in [1.82, 2.24) is 9.62 Å². The van der Waals surface area contributed by atoms with Gasteiger partial charge in [0.25, 0.3) is 0 Å². The Morgan fingerprint density at radius 2 is 1.71 bits per heavy atom. The summed E-state index contributed by atoms with van der Waals surface area (Å²) in [5.41, 5.74) is 1.76. The van der Waals surface area contributed by atoms with Crippen molar-refractivity contribution in [3.63, 3.8) is 0 Å². The van der Waals surface area contributed by atoms with Gasteiger partial charge >= 0.3 is 0 Å². The van der Waals surface area contributed by atoms with Crippen LogP contribution in [0.15, 0.2) is 47.4 Å². The molecular formula is C23H32N2O5S. The second-order valence-electron chi connectivity index (χ2n) is 7.99. The van der Waals surface area contributed by atoms with Crippen molar-refractivity contribution in [2.45, 2.75) is 44.7 Å². The quantitative estimate of drug-likeness (QED) is 0.602. The number of carbonyl (C=O) groups excluding carboxylic acids is 1. The zero-order chi connectivity index (χ0) is 23.2. The Morgan fingerprint density at radius 3 is 2.26 bits per heavy atom. The van der Waals surface area contributed by atoms with Crippen LogP contribution in [0.4, 0.5) is 0 Å². The number of likely N-dealkylation sites (N-methyl/N-ethyl adjacent to an activating group) is 1. The molecule has 2 rings (SSSR count).